The van der Waals surface area contributed by atoms with Crippen LogP contribution < -0.4 is 5.32 Å². The van der Waals surface area contributed by atoms with Gasteiger partial charge in [-0.2, -0.15) is 11.8 Å². The number of rotatable bonds is 4. The van der Waals surface area contributed by atoms with E-state index in [0.29, 0.717) is 12.0 Å². The monoisotopic (exact) mass is 295 g/mol. The molecule has 2 aliphatic heterocycles. The van der Waals surface area contributed by atoms with E-state index in [-0.39, 0.29) is 5.60 Å². The van der Waals surface area contributed by atoms with Crippen molar-refractivity contribution < 1.29 is 9.15 Å². The lowest BCUT2D eigenvalue weighted by atomic mass is 9.78. The van der Waals surface area contributed by atoms with E-state index in [2.05, 4.69) is 30.1 Å². The molecule has 2 fully saturated rings. The van der Waals surface area contributed by atoms with E-state index in [4.69, 9.17) is 9.15 Å². The van der Waals surface area contributed by atoms with Gasteiger partial charge in [0.1, 0.15) is 5.76 Å². The third-order valence-corrected chi connectivity index (χ3v) is 5.67. The van der Waals surface area contributed by atoms with Crippen molar-refractivity contribution in [2.75, 3.05) is 24.7 Å². The zero-order valence-corrected chi connectivity index (χ0v) is 13.1. The number of hydrogen-bond acceptors (Lipinski definition) is 4. The normalized spacial score (nSPS) is 27.6. The molecule has 2 atom stereocenters. The fourth-order valence-corrected chi connectivity index (χ4v) is 4.87. The first kappa shape index (κ1) is 14.5. The lowest BCUT2D eigenvalue weighted by Crippen LogP contribution is -2.45. The number of nitrogens with one attached hydrogen (secondary N) is 1. The highest BCUT2D eigenvalue weighted by Gasteiger charge is 2.41. The molecule has 1 spiro atoms. The van der Waals surface area contributed by atoms with Crippen molar-refractivity contribution in [3.63, 3.8) is 0 Å². The number of furan rings is 1. The maximum absolute atomic E-state index is 6.21. The second-order valence-corrected chi connectivity index (χ2v) is 7.17. The molecule has 0 radical (unpaired) electrons. The lowest BCUT2D eigenvalue weighted by Gasteiger charge is -2.45. The Bertz CT molecular complexity index is 395. The summed E-state index contributed by atoms with van der Waals surface area (Å²) in [5, 5.41) is 3.62. The molecule has 1 aromatic heterocycles. The third kappa shape index (κ3) is 3.07. The standard InChI is InChI=1S/C16H25NO2S/c1-2-17-15(14-4-3-8-18-14)13-5-9-19-16(12-13)6-10-20-11-7-16/h3-4,8,13,15,17H,2,5-7,9-12H2,1H3. The van der Waals surface area contributed by atoms with Crippen LogP contribution in [0.15, 0.2) is 22.8 Å². The largest absolute Gasteiger partial charge is 0.468 e. The lowest BCUT2D eigenvalue weighted by molar-refractivity contribution is -0.108. The molecule has 0 aliphatic carbocycles. The molecule has 4 heteroatoms. The molecule has 0 saturated carbocycles. The minimum Gasteiger partial charge on any atom is -0.468 e. The predicted octanol–water partition coefficient (Wildman–Crippen LogP) is 3.62. The van der Waals surface area contributed by atoms with Gasteiger partial charge >= 0.3 is 0 Å². The van der Waals surface area contributed by atoms with Crippen LogP contribution in [-0.2, 0) is 4.74 Å². The molecule has 3 rings (SSSR count). The van der Waals surface area contributed by atoms with Crippen molar-refractivity contribution in [3.8, 4) is 0 Å². The summed E-state index contributed by atoms with van der Waals surface area (Å²) >= 11 is 2.07. The maximum atomic E-state index is 6.21. The smallest absolute Gasteiger partial charge is 0.120 e. The molecular weight excluding hydrogens is 270 g/mol. The minimum absolute atomic E-state index is 0.147. The van der Waals surface area contributed by atoms with E-state index in [9.17, 15) is 0 Å². The Hall–Kier alpha value is -0.450. The van der Waals surface area contributed by atoms with Gasteiger partial charge in [-0.1, -0.05) is 6.92 Å². The van der Waals surface area contributed by atoms with Crippen molar-refractivity contribution in [1.29, 1.82) is 0 Å². The summed E-state index contributed by atoms with van der Waals surface area (Å²) < 4.78 is 11.9. The van der Waals surface area contributed by atoms with E-state index >= 15 is 0 Å². The average Bonchev–Trinajstić information content (AvgIpc) is 2.99. The summed E-state index contributed by atoms with van der Waals surface area (Å²) in [5.74, 6) is 4.20. The maximum Gasteiger partial charge on any atom is 0.120 e. The van der Waals surface area contributed by atoms with E-state index in [0.717, 1.165) is 25.3 Å². The fourth-order valence-electron chi connectivity index (χ4n) is 3.63. The van der Waals surface area contributed by atoms with Crippen molar-refractivity contribution in [1.82, 2.24) is 5.32 Å². The van der Waals surface area contributed by atoms with Crippen LogP contribution in [0.1, 0.15) is 44.4 Å². The molecule has 3 nitrogen and oxygen atoms in total. The Morgan fingerprint density at radius 2 is 2.30 bits per heavy atom. The van der Waals surface area contributed by atoms with Crippen molar-refractivity contribution in [3.05, 3.63) is 24.2 Å². The van der Waals surface area contributed by atoms with Gasteiger partial charge in [-0.05, 0) is 61.8 Å². The van der Waals surface area contributed by atoms with Crippen LogP contribution in [0, 0.1) is 5.92 Å². The van der Waals surface area contributed by atoms with E-state index < -0.39 is 0 Å². The molecule has 0 aromatic carbocycles. The zero-order chi connectivity index (χ0) is 13.8. The van der Waals surface area contributed by atoms with Gasteiger partial charge in [-0.15, -0.1) is 0 Å². The Labute approximate surface area is 125 Å². The molecule has 112 valence electrons. The van der Waals surface area contributed by atoms with Crippen LogP contribution >= 0.6 is 11.8 Å². The van der Waals surface area contributed by atoms with Crippen LogP contribution in [0.4, 0.5) is 0 Å². The highest BCUT2D eigenvalue weighted by Crippen LogP contribution is 2.43. The molecule has 3 heterocycles. The van der Waals surface area contributed by atoms with Crippen LogP contribution in [0.2, 0.25) is 0 Å². The summed E-state index contributed by atoms with van der Waals surface area (Å²) in [6.07, 6.45) is 6.52. The SMILES string of the molecule is CCNC(c1ccco1)C1CCOC2(CCSCC2)C1. The molecule has 1 aromatic rings. The number of thioether (sulfide) groups is 1. The van der Waals surface area contributed by atoms with Gasteiger partial charge in [0.25, 0.3) is 0 Å². The van der Waals surface area contributed by atoms with Crippen molar-refractivity contribution in [2.24, 2.45) is 5.92 Å². The Morgan fingerprint density at radius 1 is 1.45 bits per heavy atom. The molecule has 2 unspecified atom stereocenters. The fraction of sp³-hybridized carbons (Fsp3) is 0.750. The molecule has 2 aliphatic rings. The number of ether oxygens (including phenoxy) is 1. The van der Waals surface area contributed by atoms with Crippen LogP contribution in [0.25, 0.3) is 0 Å². The Balaban J connectivity index is 1.73. The average molecular weight is 295 g/mol. The first-order valence-corrected chi connectivity index (χ1v) is 8.97. The van der Waals surface area contributed by atoms with Gasteiger partial charge < -0.3 is 14.5 Å². The Kier molecular flexibility index (Phi) is 4.74. The summed E-state index contributed by atoms with van der Waals surface area (Å²) in [6.45, 7) is 4.05. The van der Waals surface area contributed by atoms with Gasteiger partial charge in [0.2, 0.25) is 0 Å². The quantitative estimate of drug-likeness (QED) is 0.920. The Morgan fingerprint density at radius 3 is 3.00 bits per heavy atom. The van der Waals surface area contributed by atoms with Gasteiger partial charge in [0.15, 0.2) is 0 Å². The van der Waals surface area contributed by atoms with Gasteiger partial charge in [-0.3, -0.25) is 0 Å². The first-order chi connectivity index (χ1) is 9.83. The second kappa shape index (κ2) is 6.54. The van der Waals surface area contributed by atoms with Gasteiger partial charge in [0.05, 0.1) is 17.9 Å². The molecule has 0 amide bonds. The highest BCUT2D eigenvalue weighted by atomic mass is 32.2. The van der Waals surface area contributed by atoms with Crippen molar-refractivity contribution in [2.45, 2.75) is 44.2 Å². The summed E-state index contributed by atoms with van der Waals surface area (Å²) in [5.41, 5.74) is 0.147. The van der Waals surface area contributed by atoms with Crippen LogP contribution in [-0.4, -0.2) is 30.3 Å². The first-order valence-electron chi connectivity index (χ1n) is 7.81. The van der Waals surface area contributed by atoms with Crippen molar-refractivity contribution >= 4 is 11.8 Å². The molecule has 0 bridgehead atoms. The summed E-state index contributed by atoms with van der Waals surface area (Å²) in [7, 11) is 0. The van der Waals surface area contributed by atoms with E-state index in [1.165, 1.54) is 30.8 Å². The van der Waals surface area contributed by atoms with E-state index in [1.807, 2.05) is 6.07 Å². The minimum atomic E-state index is 0.147. The topological polar surface area (TPSA) is 34.4 Å². The van der Waals surface area contributed by atoms with Gasteiger partial charge in [0, 0.05) is 6.61 Å². The second-order valence-electron chi connectivity index (χ2n) is 5.95. The molecule has 1 N–H and O–H groups in total. The number of hydrogen-bond donors (Lipinski definition) is 1. The molecular formula is C16H25NO2S. The summed E-state index contributed by atoms with van der Waals surface area (Å²) in [4.78, 5) is 0. The predicted molar refractivity (Wildman–Crippen MR) is 83.1 cm³/mol. The highest BCUT2D eigenvalue weighted by molar-refractivity contribution is 7.99. The molecule has 2 saturated heterocycles. The molecule has 20 heavy (non-hydrogen) atoms. The van der Waals surface area contributed by atoms with E-state index in [1.54, 1.807) is 6.26 Å². The zero-order valence-electron chi connectivity index (χ0n) is 12.3. The van der Waals surface area contributed by atoms with Crippen LogP contribution in [0.3, 0.4) is 0 Å². The van der Waals surface area contributed by atoms with Gasteiger partial charge in [-0.25, -0.2) is 0 Å². The third-order valence-electron chi connectivity index (χ3n) is 4.68. The summed E-state index contributed by atoms with van der Waals surface area (Å²) in [6, 6.07) is 4.43. The van der Waals surface area contributed by atoms with Crippen LogP contribution in [0.5, 0.6) is 0 Å².